The summed E-state index contributed by atoms with van der Waals surface area (Å²) in [5.74, 6) is 1.81. The normalized spacial score (nSPS) is 22.2. The number of rotatable bonds is 7. The van der Waals surface area contributed by atoms with Gasteiger partial charge in [0, 0.05) is 50.2 Å². The first-order valence-electron chi connectivity index (χ1n) is 13.0. The molecule has 3 aliphatic rings. The minimum Gasteiger partial charge on any atom is -0.497 e. The molecule has 2 aromatic rings. The molecule has 2 fully saturated rings. The smallest absolute Gasteiger partial charge is 0.225 e. The van der Waals surface area contributed by atoms with Crippen molar-refractivity contribution in [3.63, 3.8) is 0 Å². The number of benzene rings is 2. The van der Waals surface area contributed by atoms with Gasteiger partial charge in [-0.2, -0.15) is 0 Å². The third kappa shape index (κ3) is 5.20. The van der Waals surface area contributed by atoms with E-state index >= 15 is 0 Å². The zero-order valence-electron chi connectivity index (χ0n) is 21.0. The van der Waals surface area contributed by atoms with Crippen molar-refractivity contribution < 1.29 is 14.3 Å². The molecule has 2 saturated heterocycles. The Bertz CT molecular complexity index is 1010. The largest absolute Gasteiger partial charge is 0.497 e. The predicted octanol–water partition coefficient (Wildman–Crippen LogP) is 3.17. The van der Waals surface area contributed by atoms with Crippen LogP contribution in [0.5, 0.6) is 11.5 Å². The molecule has 1 amide bonds. The molecule has 3 heterocycles. The fourth-order valence-corrected chi connectivity index (χ4v) is 5.88. The average Bonchev–Trinajstić information content (AvgIpc) is 2.92. The number of piperazine rings is 1. The molecule has 0 aliphatic carbocycles. The molecule has 0 saturated carbocycles. The standard InChI is InChI=1S/C28H38N4O3/c1-34-23-10-7-22(8-11-23)31-16-17-32-26-19-24(35-2)9-6-21(26)18-25(27(32)20-31)28(33)29-12-15-30-13-4-3-5-14-30/h6-11,19,25,27H,3-5,12-18,20H2,1-2H3,(H,29,33). The van der Waals surface area contributed by atoms with Gasteiger partial charge in [-0.25, -0.2) is 0 Å². The molecule has 188 valence electrons. The van der Waals surface area contributed by atoms with Crippen molar-refractivity contribution in [2.75, 3.05) is 69.8 Å². The van der Waals surface area contributed by atoms with Crippen LogP contribution in [-0.4, -0.2) is 76.9 Å². The van der Waals surface area contributed by atoms with Gasteiger partial charge in [0.15, 0.2) is 0 Å². The minimum atomic E-state index is -0.0849. The van der Waals surface area contributed by atoms with Crippen LogP contribution in [0.1, 0.15) is 24.8 Å². The molecule has 2 unspecified atom stereocenters. The van der Waals surface area contributed by atoms with Crippen LogP contribution in [-0.2, 0) is 11.2 Å². The highest BCUT2D eigenvalue weighted by Gasteiger charge is 2.41. The van der Waals surface area contributed by atoms with Crippen molar-refractivity contribution in [1.29, 1.82) is 0 Å². The van der Waals surface area contributed by atoms with E-state index < -0.39 is 0 Å². The molecular weight excluding hydrogens is 440 g/mol. The molecule has 0 spiro atoms. The van der Waals surface area contributed by atoms with Gasteiger partial charge in [-0.05, 0) is 68.2 Å². The highest BCUT2D eigenvalue weighted by atomic mass is 16.5. The lowest BCUT2D eigenvalue weighted by atomic mass is 9.83. The first-order valence-corrected chi connectivity index (χ1v) is 13.0. The van der Waals surface area contributed by atoms with Crippen LogP contribution in [0.4, 0.5) is 11.4 Å². The number of likely N-dealkylation sites (tertiary alicyclic amines) is 1. The number of carbonyl (C=O) groups is 1. The van der Waals surface area contributed by atoms with Gasteiger partial charge in [0.25, 0.3) is 0 Å². The summed E-state index contributed by atoms with van der Waals surface area (Å²) in [7, 11) is 3.40. The molecule has 2 atom stereocenters. The van der Waals surface area contributed by atoms with Crippen LogP contribution in [0, 0.1) is 5.92 Å². The number of piperidine rings is 1. The van der Waals surface area contributed by atoms with E-state index in [2.05, 4.69) is 44.3 Å². The number of fused-ring (bicyclic) bond motifs is 3. The number of hydrogen-bond acceptors (Lipinski definition) is 6. The highest BCUT2D eigenvalue weighted by Crippen LogP contribution is 2.39. The van der Waals surface area contributed by atoms with E-state index in [1.807, 2.05) is 18.2 Å². The van der Waals surface area contributed by atoms with E-state index in [0.717, 1.165) is 63.7 Å². The molecule has 0 aromatic heterocycles. The Labute approximate surface area is 209 Å². The molecule has 7 heteroatoms. The monoisotopic (exact) mass is 478 g/mol. The van der Waals surface area contributed by atoms with Gasteiger partial charge < -0.3 is 29.5 Å². The van der Waals surface area contributed by atoms with Crippen LogP contribution in [0.3, 0.4) is 0 Å². The number of nitrogens with one attached hydrogen (secondary N) is 1. The van der Waals surface area contributed by atoms with Gasteiger partial charge in [0.2, 0.25) is 5.91 Å². The summed E-state index contributed by atoms with van der Waals surface area (Å²) in [6.45, 7) is 6.56. The van der Waals surface area contributed by atoms with Crippen molar-refractivity contribution >= 4 is 17.3 Å². The predicted molar refractivity (Wildman–Crippen MR) is 140 cm³/mol. The van der Waals surface area contributed by atoms with Gasteiger partial charge in [-0.3, -0.25) is 4.79 Å². The Hall–Kier alpha value is -2.93. The van der Waals surface area contributed by atoms with E-state index in [4.69, 9.17) is 9.47 Å². The fraction of sp³-hybridized carbons (Fsp3) is 0.536. The Balaban J connectivity index is 1.33. The molecule has 2 aromatic carbocycles. The summed E-state index contributed by atoms with van der Waals surface area (Å²) in [6, 6.07) is 14.6. The van der Waals surface area contributed by atoms with Crippen molar-refractivity contribution in [2.45, 2.75) is 31.7 Å². The average molecular weight is 479 g/mol. The Morgan fingerprint density at radius 3 is 2.43 bits per heavy atom. The van der Waals surface area contributed by atoms with Crippen LogP contribution in [0.15, 0.2) is 42.5 Å². The fourth-order valence-electron chi connectivity index (χ4n) is 5.88. The molecule has 35 heavy (non-hydrogen) atoms. The van der Waals surface area contributed by atoms with Crippen LogP contribution in [0.25, 0.3) is 0 Å². The molecule has 7 nitrogen and oxygen atoms in total. The second kappa shape index (κ2) is 10.8. The number of carbonyl (C=O) groups excluding carboxylic acids is 1. The first kappa shape index (κ1) is 23.8. The summed E-state index contributed by atoms with van der Waals surface area (Å²) in [6.07, 6.45) is 4.63. The maximum Gasteiger partial charge on any atom is 0.225 e. The topological polar surface area (TPSA) is 57.3 Å². The van der Waals surface area contributed by atoms with Gasteiger partial charge in [0.05, 0.1) is 26.2 Å². The Morgan fingerprint density at radius 2 is 1.69 bits per heavy atom. The SMILES string of the molecule is COc1ccc(N2CCN3c4cc(OC)ccc4CC(C(=O)NCCN4CCCCC4)C3C2)cc1. The zero-order valence-corrected chi connectivity index (χ0v) is 21.0. The van der Waals surface area contributed by atoms with Gasteiger partial charge in [-0.1, -0.05) is 12.5 Å². The van der Waals surface area contributed by atoms with Gasteiger partial charge in [0.1, 0.15) is 11.5 Å². The number of anilines is 2. The Morgan fingerprint density at radius 1 is 0.943 bits per heavy atom. The molecular formula is C28H38N4O3. The number of nitrogens with zero attached hydrogens (tertiary/aromatic N) is 3. The minimum absolute atomic E-state index is 0.0849. The lowest BCUT2D eigenvalue weighted by Crippen LogP contribution is -2.61. The van der Waals surface area contributed by atoms with E-state index in [9.17, 15) is 4.79 Å². The van der Waals surface area contributed by atoms with Gasteiger partial charge in [-0.15, -0.1) is 0 Å². The van der Waals surface area contributed by atoms with Crippen molar-refractivity contribution in [3.8, 4) is 11.5 Å². The molecule has 3 aliphatic heterocycles. The van der Waals surface area contributed by atoms with E-state index in [1.165, 1.54) is 36.2 Å². The number of methoxy groups -OCH3 is 2. The summed E-state index contributed by atoms with van der Waals surface area (Å²) in [5, 5.41) is 3.29. The molecule has 5 rings (SSSR count). The summed E-state index contributed by atoms with van der Waals surface area (Å²) in [4.78, 5) is 20.9. The second-order valence-electron chi connectivity index (χ2n) is 9.90. The number of amides is 1. The van der Waals surface area contributed by atoms with Crippen LogP contribution >= 0.6 is 0 Å². The third-order valence-corrected chi connectivity index (χ3v) is 7.88. The summed E-state index contributed by atoms with van der Waals surface area (Å²) < 4.78 is 10.9. The number of hydrogen-bond donors (Lipinski definition) is 1. The zero-order chi connectivity index (χ0) is 24.2. The lowest BCUT2D eigenvalue weighted by Gasteiger charge is -2.49. The first-order chi connectivity index (χ1) is 17.2. The lowest BCUT2D eigenvalue weighted by molar-refractivity contribution is -0.125. The Kier molecular flexibility index (Phi) is 7.32. The van der Waals surface area contributed by atoms with E-state index in [1.54, 1.807) is 14.2 Å². The maximum absolute atomic E-state index is 13.5. The second-order valence-corrected chi connectivity index (χ2v) is 9.90. The number of ether oxygens (including phenoxy) is 2. The van der Waals surface area contributed by atoms with Crippen molar-refractivity contribution in [3.05, 3.63) is 48.0 Å². The van der Waals surface area contributed by atoms with E-state index in [-0.39, 0.29) is 17.9 Å². The van der Waals surface area contributed by atoms with Crippen molar-refractivity contribution in [2.24, 2.45) is 5.92 Å². The summed E-state index contributed by atoms with van der Waals surface area (Å²) >= 11 is 0. The van der Waals surface area contributed by atoms with Crippen LogP contribution in [0.2, 0.25) is 0 Å². The molecule has 1 N–H and O–H groups in total. The van der Waals surface area contributed by atoms with E-state index in [0.29, 0.717) is 0 Å². The molecule has 0 radical (unpaired) electrons. The highest BCUT2D eigenvalue weighted by molar-refractivity contribution is 5.82. The van der Waals surface area contributed by atoms with Crippen LogP contribution < -0.4 is 24.6 Å². The molecule has 0 bridgehead atoms. The maximum atomic E-state index is 13.5. The van der Waals surface area contributed by atoms with Crippen molar-refractivity contribution in [1.82, 2.24) is 10.2 Å². The third-order valence-electron chi connectivity index (χ3n) is 7.88. The quantitative estimate of drug-likeness (QED) is 0.660. The summed E-state index contributed by atoms with van der Waals surface area (Å²) in [5.41, 5.74) is 3.61. The van der Waals surface area contributed by atoms with Gasteiger partial charge >= 0.3 is 0 Å².